The fourth-order valence-electron chi connectivity index (χ4n) is 2.96. The van der Waals surface area contributed by atoms with Crippen LogP contribution >= 0.6 is 0 Å². The van der Waals surface area contributed by atoms with E-state index in [2.05, 4.69) is 6.07 Å². The first-order valence-electron chi connectivity index (χ1n) is 6.76. The van der Waals surface area contributed by atoms with E-state index in [1.54, 1.807) is 7.11 Å². The second kappa shape index (κ2) is 6.06. The first kappa shape index (κ1) is 13.9. The minimum atomic E-state index is -0.724. The highest BCUT2D eigenvalue weighted by atomic mass is 16.5. The molecule has 0 aromatic heterocycles. The van der Waals surface area contributed by atoms with E-state index in [4.69, 9.17) is 15.6 Å². The number of carboxylic acid groups (broad SMARTS) is 1. The molecule has 2 atom stereocenters. The van der Waals surface area contributed by atoms with E-state index < -0.39 is 5.97 Å². The van der Waals surface area contributed by atoms with Gasteiger partial charge in [0.05, 0.1) is 7.11 Å². The Bertz CT molecular complexity index is 459. The van der Waals surface area contributed by atoms with Crippen LogP contribution in [0.1, 0.15) is 42.7 Å². The van der Waals surface area contributed by atoms with Crippen LogP contribution in [0.2, 0.25) is 0 Å². The second-order valence-electron chi connectivity index (χ2n) is 5.14. The smallest absolute Gasteiger partial charge is 0.303 e. The van der Waals surface area contributed by atoms with E-state index >= 15 is 0 Å². The van der Waals surface area contributed by atoms with Crippen LogP contribution in [0.3, 0.4) is 0 Å². The Morgan fingerprint density at radius 1 is 1.47 bits per heavy atom. The molecule has 0 fully saturated rings. The van der Waals surface area contributed by atoms with Crippen molar-refractivity contribution in [2.75, 3.05) is 7.11 Å². The highest BCUT2D eigenvalue weighted by Crippen LogP contribution is 2.40. The summed E-state index contributed by atoms with van der Waals surface area (Å²) >= 11 is 0. The molecule has 1 aromatic carbocycles. The summed E-state index contributed by atoms with van der Waals surface area (Å²) in [6.07, 6.45) is 3.67. The number of methoxy groups -OCH3 is 1. The molecule has 0 heterocycles. The molecule has 4 nitrogen and oxygen atoms in total. The van der Waals surface area contributed by atoms with Crippen molar-refractivity contribution < 1.29 is 14.6 Å². The van der Waals surface area contributed by atoms with Gasteiger partial charge in [-0.3, -0.25) is 4.79 Å². The Kier molecular flexibility index (Phi) is 4.43. The lowest BCUT2D eigenvalue weighted by atomic mass is 9.92. The molecular weight excluding hydrogens is 242 g/mol. The average Bonchev–Trinajstić information content (AvgIpc) is 2.70. The Morgan fingerprint density at radius 2 is 2.26 bits per heavy atom. The predicted octanol–water partition coefficient (Wildman–Crippen LogP) is 2.31. The normalized spacial score (nSPS) is 21.2. The molecule has 2 unspecified atom stereocenters. The van der Waals surface area contributed by atoms with Crippen LogP contribution in [0.25, 0.3) is 0 Å². The molecule has 3 N–H and O–H groups in total. The molecule has 0 spiro atoms. The Morgan fingerprint density at radius 3 is 2.95 bits per heavy atom. The van der Waals surface area contributed by atoms with Crippen LogP contribution in [0.5, 0.6) is 5.75 Å². The zero-order valence-corrected chi connectivity index (χ0v) is 11.3. The van der Waals surface area contributed by atoms with Gasteiger partial charge in [-0.2, -0.15) is 0 Å². The summed E-state index contributed by atoms with van der Waals surface area (Å²) < 4.78 is 5.38. The van der Waals surface area contributed by atoms with Crippen molar-refractivity contribution in [1.29, 1.82) is 0 Å². The Balaban J connectivity index is 2.02. The fraction of sp³-hybridized carbons (Fsp3) is 0.533. The summed E-state index contributed by atoms with van der Waals surface area (Å²) in [4.78, 5) is 10.5. The first-order chi connectivity index (χ1) is 9.13. The maximum absolute atomic E-state index is 10.5. The molecule has 0 amide bonds. The van der Waals surface area contributed by atoms with Gasteiger partial charge < -0.3 is 15.6 Å². The van der Waals surface area contributed by atoms with Crippen LogP contribution < -0.4 is 10.5 Å². The number of aliphatic carboxylic acids is 1. The quantitative estimate of drug-likeness (QED) is 0.772. The summed E-state index contributed by atoms with van der Waals surface area (Å²) in [6, 6.07) is 6.21. The molecule has 1 aliphatic rings. The molecule has 2 rings (SSSR count). The van der Waals surface area contributed by atoms with E-state index in [-0.39, 0.29) is 12.5 Å². The van der Waals surface area contributed by atoms with E-state index in [0.717, 1.165) is 31.4 Å². The largest absolute Gasteiger partial charge is 0.496 e. The molecule has 104 valence electrons. The lowest BCUT2D eigenvalue weighted by Gasteiger charge is -2.16. The minimum absolute atomic E-state index is 0.121. The molecule has 19 heavy (non-hydrogen) atoms. The van der Waals surface area contributed by atoms with Gasteiger partial charge in [0.15, 0.2) is 0 Å². The topological polar surface area (TPSA) is 72.5 Å². The third-order valence-corrected chi connectivity index (χ3v) is 3.90. The highest BCUT2D eigenvalue weighted by molar-refractivity contribution is 5.66. The molecule has 1 aliphatic carbocycles. The van der Waals surface area contributed by atoms with Crippen molar-refractivity contribution >= 4 is 5.97 Å². The van der Waals surface area contributed by atoms with Crippen LogP contribution in [0.4, 0.5) is 0 Å². The van der Waals surface area contributed by atoms with E-state index in [9.17, 15) is 4.79 Å². The van der Waals surface area contributed by atoms with Gasteiger partial charge in [-0.25, -0.2) is 0 Å². The van der Waals surface area contributed by atoms with Crippen LogP contribution in [0, 0.1) is 0 Å². The highest BCUT2D eigenvalue weighted by Gasteiger charge is 2.31. The third kappa shape index (κ3) is 3.07. The molecule has 0 saturated heterocycles. The van der Waals surface area contributed by atoms with E-state index in [0.29, 0.717) is 5.92 Å². The van der Waals surface area contributed by atoms with Crippen molar-refractivity contribution in [2.45, 2.75) is 44.1 Å². The number of nitrogens with two attached hydrogens (primary N) is 1. The maximum atomic E-state index is 10.5. The molecule has 0 bridgehead atoms. The number of rotatable bonds is 6. The van der Waals surface area contributed by atoms with Crippen molar-refractivity contribution in [1.82, 2.24) is 0 Å². The van der Waals surface area contributed by atoms with Gasteiger partial charge in [0.1, 0.15) is 5.75 Å². The first-order valence-corrected chi connectivity index (χ1v) is 6.76. The minimum Gasteiger partial charge on any atom is -0.496 e. The van der Waals surface area contributed by atoms with Gasteiger partial charge in [-0.05, 0) is 42.4 Å². The molecule has 0 aliphatic heterocycles. The number of carboxylic acids is 1. The van der Waals surface area contributed by atoms with Gasteiger partial charge in [0.25, 0.3) is 0 Å². The lowest BCUT2D eigenvalue weighted by molar-refractivity contribution is -0.137. The third-order valence-electron chi connectivity index (χ3n) is 3.90. The molecular formula is C15H21NO3. The zero-order chi connectivity index (χ0) is 13.8. The van der Waals surface area contributed by atoms with E-state index in [1.807, 2.05) is 12.1 Å². The number of hydrogen-bond acceptors (Lipinski definition) is 3. The van der Waals surface area contributed by atoms with Gasteiger partial charge in [-0.1, -0.05) is 18.6 Å². The predicted molar refractivity (Wildman–Crippen MR) is 73.5 cm³/mol. The van der Waals surface area contributed by atoms with Crippen molar-refractivity contribution in [3.63, 3.8) is 0 Å². The molecule has 0 saturated carbocycles. The van der Waals surface area contributed by atoms with Crippen molar-refractivity contribution in [3.8, 4) is 5.75 Å². The zero-order valence-electron chi connectivity index (χ0n) is 11.3. The molecule has 0 radical (unpaired) electrons. The standard InChI is InChI=1S/C15H21NO3/c1-19-14-7-4-6-10-11(13(16)9-12(10)14)5-2-3-8-15(17)18/h4,6-7,11,13H,2-3,5,8-9,16H2,1H3,(H,17,18). The summed E-state index contributed by atoms with van der Waals surface area (Å²) in [5.41, 5.74) is 8.73. The number of unbranched alkanes of at least 4 members (excludes halogenated alkanes) is 1. The Labute approximate surface area is 113 Å². The maximum Gasteiger partial charge on any atom is 0.303 e. The van der Waals surface area contributed by atoms with Crippen LogP contribution in [0.15, 0.2) is 18.2 Å². The summed E-state index contributed by atoms with van der Waals surface area (Å²) in [5.74, 6) is 0.526. The molecule has 1 aromatic rings. The van der Waals surface area contributed by atoms with Crippen LogP contribution in [-0.2, 0) is 11.2 Å². The van der Waals surface area contributed by atoms with Crippen molar-refractivity contribution in [2.24, 2.45) is 5.73 Å². The fourth-order valence-corrected chi connectivity index (χ4v) is 2.96. The monoisotopic (exact) mass is 263 g/mol. The van der Waals surface area contributed by atoms with Gasteiger partial charge >= 0.3 is 5.97 Å². The SMILES string of the molecule is COc1cccc2c1CC(N)C2CCCCC(=O)O. The van der Waals surface area contributed by atoms with Gasteiger partial charge in [0, 0.05) is 12.5 Å². The number of hydrogen-bond donors (Lipinski definition) is 2. The van der Waals surface area contributed by atoms with Crippen molar-refractivity contribution in [3.05, 3.63) is 29.3 Å². The number of fused-ring (bicyclic) bond motifs is 1. The Hall–Kier alpha value is -1.55. The van der Waals surface area contributed by atoms with Gasteiger partial charge in [0.2, 0.25) is 0 Å². The lowest BCUT2D eigenvalue weighted by Crippen LogP contribution is -2.24. The summed E-state index contributed by atoms with van der Waals surface area (Å²) in [5, 5.41) is 8.64. The summed E-state index contributed by atoms with van der Waals surface area (Å²) in [7, 11) is 1.68. The summed E-state index contributed by atoms with van der Waals surface area (Å²) in [6.45, 7) is 0. The number of ether oxygens (including phenoxy) is 1. The molecule has 4 heteroatoms. The average molecular weight is 263 g/mol. The van der Waals surface area contributed by atoms with E-state index in [1.165, 1.54) is 11.1 Å². The van der Waals surface area contributed by atoms with Gasteiger partial charge in [-0.15, -0.1) is 0 Å². The second-order valence-corrected chi connectivity index (χ2v) is 5.14. The number of benzene rings is 1. The van der Waals surface area contributed by atoms with Crippen LogP contribution in [-0.4, -0.2) is 24.2 Å². The number of carbonyl (C=O) groups is 1.